The quantitative estimate of drug-likeness (QED) is 0.173. The lowest BCUT2D eigenvalue weighted by Crippen LogP contribution is -2.27. The zero-order chi connectivity index (χ0) is 25.9. The summed E-state index contributed by atoms with van der Waals surface area (Å²) >= 11 is 12.5. The molecule has 36 heavy (non-hydrogen) atoms. The van der Waals surface area contributed by atoms with E-state index in [2.05, 4.69) is 0 Å². The Kier molecular flexibility index (Phi) is 7.92. The predicted molar refractivity (Wildman–Crippen MR) is 141 cm³/mol. The third kappa shape index (κ3) is 6.21. The molecule has 0 radical (unpaired) electrons. The van der Waals surface area contributed by atoms with Crippen LogP contribution in [0.2, 0.25) is 5.02 Å². The van der Waals surface area contributed by atoms with Crippen molar-refractivity contribution < 1.29 is 27.4 Å². The number of amides is 1. The molecule has 0 N–H and O–H groups in total. The molecule has 0 unspecified atom stereocenters. The van der Waals surface area contributed by atoms with Crippen molar-refractivity contribution in [2.24, 2.45) is 0 Å². The number of hydrogen-bond donors (Lipinski definition) is 0. The first-order valence-electron chi connectivity index (χ1n) is 10.7. The third-order valence-electron chi connectivity index (χ3n) is 5.11. The highest BCUT2D eigenvalue weighted by molar-refractivity contribution is 8.27. The van der Waals surface area contributed by atoms with E-state index in [0.717, 1.165) is 40.1 Å². The van der Waals surface area contributed by atoms with E-state index in [-0.39, 0.29) is 21.5 Å². The molecule has 0 bridgehead atoms. The minimum atomic E-state index is -4.54. The van der Waals surface area contributed by atoms with E-state index >= 15 is 0 Å². The molecule has 0 saturated carbocycles. The number of carbonyl (C=O) groups is 1. The van der Waals surface area contributed by atoms with Crippen molar-refractivity contribution in [3.63, 3.8) is 0 Å². The van der Waals surface area contributed by atoms with Crippen molar-refractivity contribution in [3.05, 3.63) is 93.3 Å². The Balaban J connectivity index is 1.50. The van der Waals surface area contributed by atoms with Crippen LogP contribution in [-0.2, 0) is 11.0 Å². The molecule has 0 aromatic heterocycles. The highest BCUT2D eigenvalue weighted by atomic mass is 35.5. The minimum Gasteiger partial charge on any atom is -0.490 e. The Labute approximate surface area is 220 Å². The van der Waals surface area contributed by atoms with Gasteiger partial charge in [0, 0.05) is 10.6 Å². The lowest BCUT2D eigenvalue weighted by molar-refractivity contribution is -0.137. The summed E-state index contributed by atoms with van der Waals surface area (Å²) < 4.78 is 51.1. The normalized spacial score (nSPS) is 15.0. The Morgan fingerprint density at radius 2 is 1.75 bits per heavy atom. The molecule has 1 saturated heterocycles. The molecule has 4 rings (SSSR count). The van der Waals surface area contributed by atoms with E-state index < -0.39 is 17.6 Å². The van der Waals surface area contributed by atoms with Gasteiger partial charge in [0.15, 0.2) is 4.32 Å². The van der Waals surface area contributed by atoms with Gasteiger partial charge in [-0.25, -0.2) is 0 Å². The van der Waals surface area contributed by atoms with Crippen LogP contribution in [0.3, 0.4) is 0 Å². The standard InChI is InChI=1S/C26H19ClF3NO3S2/c1-16-5-8-21(9-6-16)33-11-12-34-22-10-7-19(27)13-17(22)14-23-24(32)31(25(35)36-23)20-4-2-3-18(15-20)26(28,29)30/h2-10,13-15H,11-12H2,1H3/b23-14+. The Morgan fingerprint density at radius 1 is 1.03 bits per heavy atom. The number of anilines is 1. The van der Waals surface area contributed by atoms with Crippen LogP contribution < -0.4 is 14.4 Å². The van der Waals surface area contributed by atoms with E-state index in [4.69, 9.17) is 33.3 Å². The fourth-order valence-corrected chi connectivity index (χ4v) is 4.83. The Hall–Kier alpha value is -3.01. The first-order valence-corrected chi connectivity index (χ1v) is 12.3. The van der Waals surface area contributed by atoms with E-state index in [1.54, 1.807) is 24.3 Å². The first-order chi connectivity index (χ1) is 17.1. The number of benzene rings is 3. The summed E-state index contributed by atoms with van der Waals surface area (Å²) in [5, 5.41) is 0.429. The molecule has 186 valence electrons. The van der Waals surface area contributed by atoms with Gasteiger partial charge in [0.2, 0.25) is 0 Å². The predicted octanol–water partition coefficient (Wildman–Crippen LogP) is 7.53. The maximum Gasteiger partial charge on any atom is 0.416 e. The Bertz CT molecular complexity index is 1330. The molecule has 0 spiro atoms. The molecular weight excluding hydrogens is 531 g/mol. The van der Waals surface area contributed by atoms with E-state index in [9.17, 15) is 18.0 Å². The van der Waals surface area contributed by atoms with E-state index in [1.807, 2.05) is 31.2 Å². The van der Waals surface area contributed by atoms with Gasteiger partial charge in [-0.15, -0.1) is 0 Å². The number of carbonyl (C=O) groups excluding carboxylic acids is 1. The SMILES string of the molecule is Cc1ccc(OCCOc2ccc(Cl)cc2/C=C2/SC(=S)N(c3cccc(C(F)(F)F)c3)C2=O)cc1. The maximum absolute atomic E-state index is 13.1. The smallest absolute Gasteiger partial charge is 0.416 e. The van der Waals surface area contributed by atoms with Crippen LogP contribution >= 0.6 is 35.6 Å². The summed E-state index contributed by atoms with van der Waals surface area (Å²) in [6.45, 7) is 2.52. The third-order valence-corrected chi connectivity index (χ3v) is 6.65. The zero-order valence-corrected chi connectivity index (χ0v) is 21.2. The van der Waals surface area contributed by atoms with Gasteiger partial charge in [-0.1, -0.05) is 59.3 Å². The van der Waals surface area contributed by atoms with E-state index in [0.29, 0.717) is 22.9 Å². The number of ether oxygens (including phenoxy) is 2. The van der Waals surface area contributed by atoms with Gasteiger partial charge in [0.1, 0.15) is 24.7 Å². The number of rotatable bonds is 7. The maximum atomic E-state index is 13.1. The van der Waals surface area contributed by atoms with Crippen LogP contribution in [0, 0.1) is 6.92 Å². The van der Waals surface area contributed by atoms with Gasteiger partial charge in [-0.05, 0) is 61.5 Å². The summed E-state index contributed by atoms with van der Waals surface area (Å²) in [7, 11) is 0. The van der Waals surface area contributed by atoms with Gasteiger partial charge in [0.05, 0.1) is 16.2 Å². The van der Waals surface area contributed by atoms with Crippen molar-refractivity contribution in [2.45, 2.75) is 13.1 Å². The number of aryl methyl sites for hydroxylation is 1. The molecule has 1 amide bonds. The average molecular weight is 550 g/mol. The van der Waals surface area contributed by atoms with Crippen LogP contribution in [0.4, 0.5) is 18.9 Å². The number of halogens is 4. The van der Waals surface area contributed by atoms with Crippen molar-refractivity contribution in [1.29, 1.82) is 0 Å². The zero-order valence-electron chi connectivity index (χ0n) is 18.8. The molecule has 1 aliphatic heterocycles. The molecule has 4 nitrogen and oxygen atoms in total. The van der Waals surface area contributed by atoms with Crippen molar-refractivity contribution in [1.82, 2.24) is 0 Å². The van der Waals surface area contributed by atoms with Crippen LogP contribution in [-0.4, -0.2) is 23.4 Å². The van der Waals surface area contributed by atoms with Gasteiger partial charge in [-0.2, -0.15) is 13.2 Å². The second kappa shape index (κ2) is 10.9. The molecule has 1 heterocycles. The van der Waals surface area contributed by atoms with Gasteiger partial charge in [-0.3, -0.25) is 9.69 Å². The van der Waals surface area contributed by atoms with Gasteiger partial charge >= 0.3 is 6.18 Å². The van der Waals surface area contributed by atoms with E-state index in [1.165, 1.54) is 12.1 Å². The Morgan fingerprint density at radius 3 is 2.47 bits per heavy atom. The van der Waals surface area contributed by atoms with Gasteiger partial charge in [0.25, 0.3) is 5.91 Å². The van der Waals surface area contributed by atoms with Crippen LogP contribution in [0.25, 0.3) is 6.08 Å². The lowest BCUT2D eigenvalue weighted by Gasteiger charge is -2.16. The largest absolute Gasteiger partial charge is 0.490 e. The summed E-state index contributed by atoms with van der Waals surface area (Å²) in [6, 6.07) is 17.1. The number of thiocarbonyl (C=S) groups is 1. The van der Waals surface area contributed by atoms with Crippen LogP contribution in [0.1, 0.15) is 16.7 Å². The average Bonchev–Trinajstić information content (AvgIpc) is 3.11. The fourth-order valence-electron chi connectivity index (χ4n) is 3.36. The molecule has 3 aromatic rings. The number of hydrogen-bond acceptors (Lipinski definition) is 5. The van der Waals surface area contributed by atoms with Crippen molar-refractivity contribution in [3.8, 4) is 11.5 Å². The molecule has 10 heteroatoms. The summed E-state index contributed by atoms with van der Waals surface area (Å²) in [5.74, 6) is 0.660. The van der Waals surface area contributed by atoms with Crippen LogP contribution in [0.15, 0.2) is 71.6 Å². The minimum absolute atomic E-state index is 0.0477. The first kappa shape index (κ1) is 26.1. The number of thioether (sulfide) groups is 1. The fraction of sp³-hybridized carbons (Fsp3) is 0.154. The van der Waals surface area contributed by atoms with Crippen molar-refractivity contribution in [2.75, 3.05) is 18.1 Å². The summed E-state index contributed by atoms with van der Waals surface area (Å²) in [6.07, 6.45) is -2.97. The molecule has 0 aliphatic carbocycles. The van der Waals surface area contributed by atoms with Crippen LogP contribution in [0.5, 0.6) is 11.5 Å². The molecule has 3 aromatic carbocycles. The summed E-state index contributed by atoms with van der Waals surface area (Å²) in [5.41, 5.74) is 0.841. The highest BCUT2D eigenvalue weighted by Gasteiger charge is 2.36. The highest BCUT2D eigenvalue weighted by Crippen LogP contribution is 2.39. The molecule has 1 fully saturated rings. The second-order valence-corrected chi connectivity index (χ2v) is 9.87. The molecule has 0 atom stereocenters. The van der Waals surface area contributed by atoms with Gasteiger partial charge < -0.3 is 9.47 Å². The summed E-state index contributed by atoms with van der Waals surface area (Å²) in [4.78, 5) is 14.4. The number of nitrogens with zero attached hydrogens (tertiary/aromatic N) is 1. The molecular formula is C26H19ClF3NO3S2. The lowest BCUT2D eigenvalue weighted by atomic mass is 10.1. The monoisotopic (exact) mass is 549 g/mol. The van der Waals surface area contributed by atoms with Crippen molar-refractivity contribution >= 4 is 57.6 Å². The topological polar surface area (TPSA) is 38.8 Å². The second-order valence-electron chi connectivity index (χ2n) is 7.76. The molecule has 1 aliphatic rings. The number of alkyl halides is 3.